The van der Waals surface area contributed by atoms with E-state index >= 15 is 0 Å². The minimum absolute atomic E-state index is 0.632. The first-order valence-corrected chi connectivity index (χ1v) is 8.14. The summed E-state index contributed by atoms with van der Waals surface area (Å²) < 4.78 is 2.00. The van der Waals surface area contributed by atoms with Gasteiger partial charge in [-0.25, -0.2) is 0 Å². The highest BCUT2D eigenvalue weighted by atomic mass is 15.3. The Morgan fingerprint density at radius 1 is 1.33 bits per heavy atom. The summed E-state index contributed by atoms with van der Waals surface area (Å²) in [6.07, 6.45) is 3.74. The van der Waals surface area contributed by atoms with Crippen LogP contribution in [-0.2, 0) is 13.6 Å². The Morgan fingerprint density at radius 2 is 2.19 bits per heavy atom. The predicted octanol–water partition coefficient (Wildman–Crippen LogP) is 2.54. The topological polar surface area (TPSA) is 33.1 Å². The summed E-state index contributed by atoms with van der Waals surface area (Å²) in [6.45, 7) is 6.67. The van der Waals surface area contributed by atoms with Crippen molar-refractivity contribution in [2.75, 3.05) is 19.6 Å². The first kappa shape index (κ1) is 14.5. The quantitative estimate of drug-likeness (QED) is 0.937. The highest BCUT2D eigenvalue weighted by Crippen LogP contribution is 2.19. The second kappa shape index (κ2) is 6.58. The lowest BCUT2D eigenvalue weighted by atomic mass is 10.1. The largest absolute Gasteiger partial charge is 0.313 e. The number of nitrogens with one attached hydrogen (secondary N) is 1. The maximum Gasteiger partial charge on any atom is 0.0843 e. The number of hydrogen-bond donors (Lipinski definition) is 1. The van der Waals surface area contributed by atoms with Crippen LogP contribution in [0, 0.1) is 0 Å². The van der Waals surface area contributed by atoms with E-state index in [1.165, 1.54) is 35.9 Å². The monoisotopic (exact) mass is 286 g/mol. The number of benzene rings is 1. The van der Waals surface area contributed by atoms with Crippen molar-refractivity contribution in [1.29, 1.82) is 0 Å². The Bertz CT molecular complexity index is 589. The highest BCUT2D eigenvalue weighted by molar-refractivity contribution is 5.81. The normalized spacial score (nSPS) is 20.8. The van der Waals surface area contributed by atoms with Gasteiger partial charge < -0.3 is 5.32 Å². The first-order chi connectivity index (χ1) is 10.3. The number of rotatable bonds is 4. The van der Waals surface area contributed by atoms with Crippen molar-refractivity contribution in [3.05, 3.63) is 30.0 Å². The van der Waals surface area contributed by atoms with Crippen molar-refractivity contribution >= 4 is 10.9 Å². The van der Waals surface area contributed by atoms with E-state index < -0.39 is 0 Å². The molecule has 1 saturated heterocycles. The molecule has 114 valence electrons. The Kier molecular flexibility index (Phi) is 4.56. The van der Waals surface area contributed by atoms with Crippen LogP contribution in [0.25, 0.3) is 10.9 Å². The van der Waals surface area contributed by atoms with Crippen LogP contribution in [0.5, 0.6) is 0 Å². The van der Waals surface area contributed by atoms with E-state index in [2.05, 4.69) is 41.4 Å². The summed E-state index contributed by atoms with van der Waals surface area (Å²) in [5, 5.41) is 9.71. The lowest BCUT2D eigenvalue weighted by molar-refractivity contribution is 0.252. The van der Waals surface area contributed by atoms with Crippen molar-refractivity contribution in [2.24, 2.45) is 7.05 Å². The Morgan fingerprint density at radius 3 is 3.05 bits per heavy atom. The van der Waals surface area contributed by atoms with Crippen molar-refractivity contribution in [1.82, 2.24) is 20.0 Å². The minimum atomic E-state index is 0.632. The van der Waals surface area contributed by atoms with E-state index in [0.717, 1.165) is 26.2 Å². The van der Waals surface area contributed by atoms with Crippen LogP contribution in [0.4, 0.5) is 0 Å². The van der Waals surface area contributed by atoms with Crippen molar-refractivity contribution in [2.45, 2.75) is 38.8 Å². The Balaban J connectivity index is 1.77. The molecule has 3 rings (SSSR count). The SMILES string of the molecule is CCCC1CN(Cc2nn(C)c3ccccc23)CCCN1. The van der Waals surface area contributed by atoms with Gasteiger partial charge in [0.15, 0.2) is 0 Å². The minimum Gasteiger partial charge on any atom is -0.313 e. The van der Waals surface area contributed by atoms with Crippen molar-refractivity contribution in [3.8, 4) is 0 Å². The van der Waals surface area contributed by atoms with E-state index in [1.807, 2.05) is 11.7 Å². The predicted molar refractivity (Wildman–Crippen MR) is 87.3 cm³/mol. The molecule has 0 amide bonds. The van der Waals surface area contributed by atoms with Crippen molar-refractivity contribution in [3.63, 3.8) is 0 Å². The molecule has 0 spiro atoms. The summed E-state index contributed by atoms with van der Waals surface area (Å²) in [7, 11) is 2.04. The van der Waals surface area contributed by atoms with Gasteiger partial charge in [0.2, 0.25) is 0 Å². The third-order valence-electron chi connectivity index (χ3n) is 4.41. The first-order valence-electron chi connectivity index (χ1n) is 8.14. The van der Waals surface area contributed by atoms with Crippen LogP contribution >= 0.6 is 0 Å². The molecule has 0 aliphatic carbocycles. The van der Waals surface area contributed by atoms with Crippen LogP contribution < -0.4 is 5.32 Å². The molecule has 0 saturated carbocycles. The lowest BCUT2D eigenvalue weighted by Crippen LogP contribution is -2.37. The molecule has 1 aliphatic heterocycles. The van der Waals surface area contributed by atoms with Crippen LogP contribution in [0.1, 0.15) is 31.9 Å². The molecule has 1 aromatic carbocycles. The molecule has 2 heterocycles. The number of aryl methyl sites for hydroxylation is 1. The zero-order valence-corrected chi connectivity index (χ0v) is 13.2. The molecule has 0 radical (unpaired) electrons. The molecule has 4 nitrogen and oxygen atoms in total. The summed E-state index contributed by atoms with van der Waals surface area (Å²) in [4.78, 5) is 2.56. The second-order valence-corrected chi connectivity index (χ2v) is 6.12. The fraction of sp³-hybridized carbons (Fsp3) is 0.588. The molecule has 1 atom stereocenters. The fourth-order valence-electron chi connectivity index (χ4n) is 3.38. The highest BCUT2D eigenvalue weighted by Gasteiger charge is 2.19. The fourth-order valence-corrected chi connectivity index (χ4v) is 3.38. The maximum atomic E-state index is 4.74. The summed E-state index contributed by atoms with van der Waals surface area (Å²) in [5.74, 6) is 0. The molecule has 0 bridgehead atoms. The summed E-state index contributed by atoms with van der Waals surface area (Å²) in [5.41, 5.74) is 2.44. The molecule has 1 unspecified atom stereocenters. The smallest absolute Gasteiger partial charge is 0.0843 e. The van der Waals surface area contributed by atoms with Crippen LogP contribution in [0.2, 0.25) is 0 Å². The van der Waals surface area contributed by atoms with Gasteiger partial charge in [-0.1, -0.05) is 31.5 Å². The number of para-hydroxylation sites is 1. The third kappa shape index (κ3) is 3.27. The van der Waals surface area contributed by atoms with Crippen LogP contribution in [-0.4, -0.2) is 40.4 Å². The van der Waals surface area contributed by atoms with E-state index in [0.29, 0.717) is 6.04 Å². The lowest BCUT2D eigenvalue weighted by Gasteiger charge is -2.23. The standard InChI is InChI=1S/C17H26N4/c1-3-7-14-12-21(11-6-10-18-14)13-16-15-8-4-5-9-17(15)20(2)19-16/h4-5,8-9,14,18H,3,6-7,10-13H2,1-2H3. The molecule has 1 fully saturated rings. The second-order valence-electron chi connectivity index (χ2n) is 6.12. The molecular weight excluding hydrogens is 260 g/mol. The Labute approximate surface area is 127 Å². The third-order valence-corrected chi connectivity index (χ3v) is 4.41. The molecule has 21 heavy (non-hydrogen) atoms. The van der Waals surface area contributed by atoms with Crippen molar-refractivity contribution < 1.29 is 0 Å². The molecule has 1 N–H and O–H groups in total. The number of hydrogen-bond acceptors (Lipinski definition) is 3. The number of nitrogens with zero attached hydrogens (tertiary/aromatic N) is 3. The van der Waals surface area contributed by atoms with Crippen LogP contribution in [0.15, 0.2) is 24.3 Å². The van der Waals surface area contributed by atoms with Gasteiger partial charge in [-0.05, 0) is 32.0 Å². The van der Waals surface area contributed by atoms with Gasteiger partial charge in [0.1, 0.15) is 0 Å². The van der Waals surface area contributed by atoms with E-state index in [4.69, 9.17) is 5.10 Å². The zero-order valence-electron chi connectivity index (χ0n) is 13.2. The number of aromatic nitrogens is 2. The van der Waals surface area contributed by atoms with Gasteiger partial charge in [-0.2, -0.15) is 5.10 Å². The molecule has 1 aliphatic rings. The summed E-state index contributed by atoms with van der Waals surface area (Å²) >= 11 is 0. The molecule has 4 heteroatoms. The average Bonchev–Trinajstić information content (AvgIpc) is 2.66. The van der Waals surface area contributed by atoms with Gasteiger partial charge in [0.05, 0.1) is 11.2 Å². The van der Waals surface area contributed by atoms with E-state index in [-0.39, 0.29) is 0 Å². The van der Waals surface area contributed by atoms with Gasteiger partial charge in [0, 0.05) is 31.6 Å². The van der Waals surface area contributed by atoms with Crippen LogP contribution in [0.3, 0.4) is 0 Å². The van der Waals surface area contributed by atoms with Gasteiger partial charge >= 0.3 is 0 Å². The zero-order chi connectivity index (χ0) is 14.7. The van der Waals surface area contributed by atoms with Gasteiger partial charge in [0.25, 0.3) is 0 Å². The molecular formula is C17H26N4. The Hall–Kier alpha value is -1.39. The maximum absolute atomic E-state index is 4.74. The summed E-state index contributed by atoms with van der Waals surface area (Å²) in [6, 6.07) is 9.16. The average molecular weight is 286 g/mol. The van der Waals surface area contributed by atoms with Gasteiger partial charge in [-0.3, -0.25) is 9.58 Å². The van der Waals surface area contributed by atoms with Gasteiger partial charge in [-0.15, -0.1) is 0 Å². The molecule has 2 aromatic rings. The van der Waals surface area contributed by atoms with E-state index in [9.17, 15) is 0 Å². The number of fused-ring (bicyclic) bond motifs is 1. The molecule has 1 aromatic heterocycles. The van der Waals surface area contributed by atoms with E-state index in [1.54, 1.807) is 0 Å².